The molecule has 3 aromatic rings. The summed E-state index contributed by atoms with van der Waals surface area (Å²) < 4.78 is 14.3. The third-order valence-corrected chi connectivity index (χ3v) is 5.28. The minimum Gasteiger partial charge on any atom is -0.508 e. The quantitative estimate of drug-likeness (QED) is 0.651. The van der Waals surface area contributed by atoms with E-state index in [4.69, 9.17) is 0 Å². The number of hydrogen-bond acceptors (Lipinski definition) is 4. The van der Waals surface area contributed by atoms with E-state index in [1.807, 2.05) is 13.0 Å². The van der Waals surface area contributed by atoms with Crippen molar-refractivity contribution in [2.75, 3.05) is 18.4 Å². The van der Waals surface area contributed by atoms with Crippen molar-refractivity contribution in [1.82, 2.24) is 9.88 Å². The van der Waals surface area contributed by atoms with Gasteiger partial charge < -0.3 is 20.3 Å². The molecule has 0 saturated carbocycles. The Balaban J connectivity index is 1.51. The van der Waals surface area contributed by atoms with Gasteiger partial charge in [-0.3, -0.25) is 9.59 Å². The van der Waals surface area contributed by atoms with Crippen molar-refractivity contribution >= 4 is 22.4 Å². The van der Waals surface area contributed by atoms with Crippen LogP contribution in [-0.2, 0) is 11.2 Å². The number of amides is 1. The number of aromatic amines is 1. The van der Waals surface area contributed by atoms with Crippen LogP contribution < -0.4 is 10.9 Å². The molecular formula is C21H20FN3O3. The second-order valence-electron chi connectivity index (χ2n) is 6.98. The fourth-order valence-corrected chi connectivity index (χ4v) is 3.76. The number of carbonyl (C=O) groups is 1. The Morgan fingerprint density at radius 1 is 1.32 bits per heavy atom. The third-order valence-electron chi connectivity index (χ3n) is 5.28. The smallest absolute Gasteiger partial charge is 0.255 e. The first kappa shape index (κ1) is 18.0. The lowest BCUT2D eigenvalue weighted by Gasteiger charge is -2.35. The van der Waals surface area contributed by atoms with E-state index in [9.17, 15) is 19.1 Å². The second-order valence-corrected chi connectivity index (χ2v) is 6.98. The molecule has 4 rings (SSSR count). The Kier molecular flexibility index (Phi) is 4.50. The predicted molar refractivity (Wildman–Crippen MR) is 105 cm³/mol. The highest BCUT2D eigenvalue weighted by Gasteiger charge is 2.27. The van der Waals surface area contributed by atoms with Gasteiger partial charge in [-0.15, -0.1) is 0 Å². The number of phenols is 1. The molecule has 0 bridgehead atoms. The average Bonchev–Trinajstić information content (AvgIpc) is 2.68. The molecule has 6 nitrogen and oxygen atoms in total. The number of nitrogens with zero attached hydrogens (tertiary/aromatic N) is 1. The van der Waals surface area contributed by atoms with Crippen LogP contribution in [0.15, 0.2) is 47.4 Å². The Labute approximate surface area is 160 Å². The topological polar surface area (TPSA) is 85.4 Å². The number of rotatable bonds is 3. The molecule has 0 spiro atoms. The summed E-state index contributed by atoms with van der Waals surface area (Å²) in [7, 11) is 0. The number of aromatic nitrogens is 1. The van der Waals surface area contributed by atoms with Crippen LogP contribution in [0.1, 0.15) is 24.1 Å². The maximum atomic E-state index is 14.3. The normalized spacial score (nSPS) is 16.1. The number of aromatic hydroxyl groups is 1. The average molecular weight is 381 g/mol. The van der Waals surface area contributed by atoms with Gasteiger partial charge in [0.1, 0.15) is 11.6 Å². The van der Waals surface area contributed by atoms with Crippen LogP contribution in [0.4, 0.5) is 10.1 Å². The molecule has 1 aromatic heterocycles. The van der Waals surface area contributed by atoms with Gasteiger partial charge in [-0.2, -0.15) is 0 Å². The first-order valence-corrected chi connectivity index (χ1v) is 9.10. The molecular weight excluding hydrogens is 361 g/mol. The van der Waals surface area contributed by atoms with E-state index < -0.39 is 5.82 Å². The minimum atomic E-state index is -0.584. The Morgan fingerprint density at radius 3 is 2.96 bits per heavy atom. The number of anilines is 1. The van der Waals surface area contributed by atoms with Crippen LogP contribution in [0.2, 0.25) is 0 Å². The number of nitrogens with one attached hydrogen (secondary N) is 2. The van der Waals surface area contributed by atoms with Crippen LogP contribution in [0.3, 0.4) is 0 Å². The van der Waals surface area contributed by atoms with E-state index in [-0.39, 0.29) is 40.9 Å². The summed E-state index contributed by atoms with van der Waals surface area (Å²) in [5.41, 5.74) is 1.86. The molecule has 0 radical (unpaired) electrons. The molecule has 1 atom stereocenters. The molecule has 3 N–H and O–H groups in total. The van der Waals surface area contributed by atoms with Gasteiger partial charge in [-0.05, 0) is 60.2 Å². The molecule has 2 aromatic carbocycles. The standard InChI is InChI=1S/C21H20FN3O3/c1-12-16-9-15(26)3-2-13(16)5-7-25(12)20(27)11-24-19-8-14-4-6-23-21(28)17(14)10-18(19)22/h2-4,6,8-10,12,24,26H,5,7,11H2,1H3,(H,23,28). The van der Waals surface area contributed by atoms with Gasteiger partial charge in [0.25, 0.3) is 5.56 Å². The molecule has 0 aliphatic carbocycles. The summed E-state index contributed by atoms with van der Waals surface area (Å²) >= 11 is 0. The predicted octanol–water partition coefficient (Wildman–Crippen LogP) is 2.93. The summed E-state index contributed by atoms with van der Waals surface area (Å²) in [6.07, 6.45) is 2.21. The monoisotopic (exact) mass is 381 g/mol. The van der Waals surface area contributed by atoms with Crippen LogP contribution in [0.5, 0.6) is 5.75 Å². The van der Waals surface area contributed by atoms with Crippen molar-refractivity contribution in [3.05, 3.63) is 69.9 Å². The number of carbonyl (C=O) groups excluding carboxylic acids is 1. The third kappa shape index (κ3) is 3.19. The van der Waals surface area contributed by atoms with Crippen LogP contribution in [0, 0.1) is 5.82 Å². The van der Waals surface area contributed by atoms with Crippen molar-refractivity contribution in [1.29, 1.82) is 0 Å². The summed E-state index contributed by atoms with van der Waals surface area (Å²) in [6.45, 7) is 2.41. The fraction of sp³-hybridized carbons (Fsp3) is 0.238. The molecule has 144 valence electrons. The molecule has 0 saturated heterocycles. The van der Waals surface area contributed by atoms with Crippen molar-refractivity contribution in [3.8, 4) is 5.75 Å². The van der Waals surface area contributed by atoms with Gasteiger partial charge in [0.15, 0.2) is 0 Å². The van der Waals surface area contributed by atoms with E-state index in [0.29, 0.717) is 18.4 Å². The molecule has 1 amide bonds. The Morgan fingerprint density at radius 2 is 2.14 bits per heavy atom. The van der Waals surface area contributed by atoms with Crippen molar-refractivity contribution in [3.63, 3.8) is 0 Å². The number of H-pyrrole nitrogens is 1. The number of pyridine rings is 1. The molecule has 0 fully saturated rings. The maximum Gasteiger partial charge on any atom is 0.255 e. The zero-order chi connectivity index (χ0) is 19.8. The van der Waals surface area contributed by atoms with Gasteiger partial charge in [-0.25, -0.2) is 4.39 Å². The van der Waals surface area contributed by atoms with Crippen LogP contribution in [-0.4, -0.2) is 34.0 Å². The molecule has 2 heterocycles. The molecule has 1 unspecified atom stereocenters. The number of fused-ring (bicyclic) bond motifs is 2. The zero-order valence-electron chi connectivity index (χ0n) is 15.3. The van der Waals surface area contributed by atoms with E-state index in [2.05, 4.69) is 10.3 Å². The first-order valence-electron chi connectivity index (χ1n) is 9.10. The van der Waals surface area contributed by atoms with Gasteiger partial charge in [0.05, 0.1) is 23.7 Å². The number of benzene rings is 2. The van der Waals surface area contributed by atoms with Gasteiger partial charge >= 0.3 is 0 Å². The lowest BCUT2D eigenvalue weighted by molar-refractivity contribution is -0.131. The summed E-state index contributed by atoms with van der Waals surface area (Å²) in [5, 5.41) is 13.4. The van der Waals surface area contributed by atoms with E-state index in [0.717, 1.165) is 11.1 Å². The second kappa shape index (κ2) is 6.99. The molecule has 28 heavy (non-hydrogen) atoms. The first-order chi connectivity index (χ1) is 13.4. The highest BCUT2D eigenvalue weighted by Crippen LogP contribution is 2.32. The maximum absolute atomic E-state index is 14.3. The van der Waals surface area contributed by atoms with Crippen molar-refractivity contribution in [2.24, 2.45) is 0 Å². The largest absolute Gasteiger partial charge is 0.508 e. The Bertz CT molecular complexity index is 1130. The molecule has 7 heteroatoms. The number of phenolic OH excluding ortho intramolecular Hbond substituents is 1. The summed E-state index contributed by atoms with van der Waals surface area (Å²) in [4.78, 5) is 28.7. The molecule has 1 aliphatic heterocycles. The summed E-state index contributed by atoms with van der Waals surface area (Å²) in [6, 6.07) is 9.42. The van der Waals surface area contributed by atoms with Crippen LogP contribution in [0.25, 0.3) is 10.8 Å². The SMILES string of the molecule is CC1c2cc(O)ccc2CCN1C(=O)CNc1cc2cc[nH]c(=O)c2cc1F. The Hall–Kier alpha value is -3.35. The van der Waals surface area contributed by atoms with Gasteiger partial charge in [0, 0.05) is 12.7 Å². The lowest BCUT2D eigenvalue weighted by atomic mass is 9.93. The highest BCUT2D eigenvalue weighted by atomic mass is 19.1. The number of halogens is 1. The zero-order valence-corrected chi connectivity index (χ0v) is 15.3. The van der Waals surface area contributed by atoms with Gasteiger partial charge in [-0.1, -0.05) is 6.07 Å². The minimum absolute atomic E-state index is 0.0654. The highest BCUT2D eigenvalue weighted by molar-refractivity contribution is 5.87. The number of hydrogen-bond donors (Lipinski definition) is 3. The van der Waals surface area contributed by atoms with E-state index in [1.165, 1.54) is 18.3 Å². The molecule has 1 aliphatic rings. The van der Waals surface area contributed by atoms with E-state index >= 15 is 0 Å². The van der Waals surface area contributed by atoms with Crippen molar-refractivity contribution < 1.29 is 14.3 Å². The fourth-order valence-electron chi connectivity index (χ4n) is 3.76. The van der Waals surface area contributed by atoms with Crippen molar-refractivity contribution in [2.45, 2.75) is 19.4 Å². The van der Waals surface area contributed by atoms with E-state index in [1.54, 1.807) is 23.1 Å². The van der Waals surface area contributed by atoms with Crippen LogP contribution >= 0.6 is 0 Å². The van der Waals surface area contributed by atoms with Gasteiger partial charge in [0.2, 0.25) is 5.91 Å². The summed E-state index contributed by atoms with van der Waals surface area (Å²) in [5.74, 6) is -0.572. The lowest BCUT2D eigenvalue weighted by Crippen LogP contribution is -2.41.